The smallest absolute Gasteiger partial charge is 0.262 e. The summed E-state index contributed by atoms with van der Waals surface area (Å²) in [5, 5.41) is 4.15. The fourth-order valence-electron chi connectivity index (χ4n) is 5.10. The van der Waals surface area contributed by atoms with Crippen LogP contribution < -0.4 is 10.1 Å². The van der Waals surface area contributed by atoms with E-state index in [9.17, 15) is 4.79 Å². The molecule has 0 spiro atoms. The lowest BCUT2D eigenvalue weighted by Crippen LogP contribution is -2.44. The third-order valence-corrected chi connectivity index (χ3v) is 6.48. The normalized spacial score (nSPS) is 21.0. The average Bonchev–Trinajstić information content (AvgIpc) is 3.16. The molecule has 1 aliphatic heterocycles. The number of amides is 1. The number of aryl methyl sites for hydroxylation is 2. The van der Waals surface area contributed by atoms with Crippen LogP contribution in [0.15, 0.2) is 46.9 Å². The first kappa shape index (κ1) is 22.0. The van der Waals surface area contributed by atoms with Crippen molar-refractivity contribution in [2.75, 3.05) is 25.0 Å². The van der Waals surface area contributed by atoms with Crippen LogP contribution in [0.3, 0.4) is 0 Å². The van der Waals surface area contributed by atoms with E-state index in [1.54, 1.807) is 0 Å². The molecule has 1 amide bonds. The molecule has 6 heteroatoms. The van der Waals surface area contributed by atoms with Crippen LogP contribution in [0.5, 0.6) is 5.75 Å². The Hall–Kier alpha value is -2.83. The van der Waals surface area contributed by atoms with Crippen molar-refractivity contribution in [3.63, 3.8) is 0 Å². The van der Waals surface area contributed by atoms with Gasteiger partial charge in [-0.3, -0.25) is 9.69 Å². The van der Waals surface area contributed by atoms with E-state index in [4.69, 9.17) is 13.9 Å². The molecule has 2 unspecified atom stereocenters. The number of hydrogen-bond donors (Lipinski definition) is 1. The lowest BCUT2D eigenvalue weighted by atomic mass is 9.96. The fourth-order valence-corrected chi connectivity index (χ4v) is 5.10. The summed E-state index contributed by atoms with van der Waals surface area (Å²) in [7, 11) is 0. The van der Waals surface area contributed by atoms with Gasteiger partial charge < -0.3 is 19.2 Å². The van der Waals surface area contributed by atoms with Crippen LogP contribution >= 0.6 is 0 Å². The standard InChI is InChI=1S/C27H32N2O4/c1-18-14-29(15-19(2)32-18)16-20-7-3-5-9-24(20)28-27(30)17-31-21-11-12-26-23(13-21)22-8-4-6-10-25(22)33-26/h3,5,7,9,11-13,18-19H,4,6,8,10,14-17H2,1-2H3,(H,28,30). The van der Waals surface area contributed by atoms with Crippen LogP contribution in [-0.2, 0) is 28.9 Å². The van der Waals surface area contributed by atoms with E-state index in [0.29, 0.717) is 5.75 Å². The Morgan fingerprint density at radius 3 is 2.73 bits per heavy atom. The molecular weight excluding hydrogens is 416 g/mol. The summed E-state index contributed by atoms with van der Waals surface area (Å²) in [6, 6.07) is 13.8. The second-order valence-corrected chi connectivity index (χ2v) is 9.31. The Morgan fingerprint density at radius 2 is 1.88 bits per heavy atom. The highest BCUT2D eigenvalue weighted by Gasteiger charge is 2.23. The molecule has 0 saturated carbocycles. The van der Waals surface area contributed by atoms with Gasteiger partial charge in [-0.05, 0) is 62.9 Å². The molecular formula is C27H32N2O4. The van der Waals surface area contributed by atoms with E-state index in [2.05, 4.69) is 30.1 Å². The average molecular weight is 449 g/mol. The van der Waals surface area contributed by atoms with Crippen LogP contribution in [0.2, 0.25) is 0 Å². The van der Waals surface area contributed by atoms with Crippen molar-refractivity contribution in [1.82, 2.24) is 4.90 Å². The summed E-state index contributed by atoms with van der Waals surface area (Å²) in [4.78, 5) is 15.1. The van der Waals surface area contributed by atoms with Gasteiger partial charge in [-0.15, -0.1) is 0 Å². The van der Waals surface area contributed by atoms with Gasteiger partial charge in [-0.25, -0.2) is 0 Å². The second kappa shape index (κ2) is 9.57. The van der Waals surface area contributed by atoms with Crippen molar-refractivity contribution in [3.05, 3.63) is 59.4 Å². The molecule has 1 N–H and O–H groups in total. The van der Waals surface area contributed by atoms with Crippen molar-refractivity contribution in [2.24, 2.45) is 0 Å². The first-order valence-electron chi connectivity index (χ1n) is 12.0. The minimum absolute atomic E-state index is 0.0362. The first-order valence-corrected chi connectivity index (χ1v) is 12.0. The molecule has 6 nitrogen and oxygen atoms in total. The fraction of sp³-hybridized carbons (Fsp3) is 0.444. The lowest BCUT2D eigenvalue weighted by Gasteiger charge is -2.35. The third kappa shape index (κ3) is 5.07. The minimum Gasteiger partial charge on any atom is -0.484 e. The zero-order valence-electron chi connectivity index (χ0n) is 19.4. The summed E-state index contributed by atoms with van der Waals surface area (Å²) < 4.78 is 17.7. The Balaban J connectivity index is 1.22. The SMILES string of the molecule is CC1CN(Cc2ccccc2NC(=O)COc2ccc3oc4c(c3c2)CCCC4)CC(C)O1. The van der Waals surface area contributed by atoms with Crippen molar-refractivity contribution >= 4 is 22.6 Å². The monoisotopic (exact) mass is 448 g/mol. The maximum Gasteiger partial charge on any atom is 0.262 e. The van der Waals surface area contributed by atoms with E-state index in [-0.39, 0.29) is 24.7 Å². The van der Waals surface area contributed by atoms with E-state index >= 15 is 0 Å². The Bertz CT molecular complexity index is 1130. The number of ether oxygens (including phenoxy) is 2. The lowest BCUT2D eigenvalue weighted by molar-refractivity contribution is -0.118. The zero-order valence-corrected chi connectivity index (χ0v) is 19.4. The molecule has 3 aromatic rings. The van der Waals surface area contributed by atoms with Crippen LogP contribution in [0, 0.1) is 0 Å². The summed E-state index contributed by atoms with van der Waals surface area (Å²) in [5.74, 6) is 1.63. The number of hydrogen-bond acceptors (Lipinski definition) is 5. The second-order valence-electron chi connectivity index (χ2n) is 9.31. The van der Waals surface area contributed by atoms with Gasteiger partial charge in [0.15, 0.2) is 6.61 Å². The highest BCUT2D eigenvalue weighted by atomic mass is 16.5. The molecule has 33 heavy (non-hydrogen) atoms. The molecule has 1 fully saturated rings. The zero-order chi connectivity index (χ0) is 22.8. The molecule has 2 atom stereocenters. The van der Waals surface area contributed by atoms with Crippen LogP contribution in [-0.4, -0.2) is 42.7 Å². The molecule has 1 saturated heterocycles. The van der Waals surface area contributed by atoms with Gasteiger partial charge in [0.2, 0.25) is 0 Å². The maximum absolute atomic E-state index is 12.7. The van der Waals surface area contributed by atoms with Crippen molar-refractivity contribution in [3.8, 4) is 5.75 Å². The minimum atomic E-state index is -0.166. The van der Waals surface area contributed by atoms with Gasteiger partial charge in [-0.2, -0.15) is 0 Å². The topological polar surface area (TPSA) is 63.9 Å². The predicted octanol–water partition coefficient (Wildman–Crippen LogP) is 4.94. The van der Waals surface area contributed by atoms with Gasteiger partial charge in [0, 0.05) is 42.7 Å². The van der Waals surface area contributed by atoms with E-state index in [0.717, 1.165) is 60.5 Å². The van der Waals surface area contributed by atoms with Gasteiger partial charge in [0.05, 0.1) is 12.2 Å². The Labute approximate surface area is 194 Å². The summed E-state index contributed by atoms with van der Waals surface area (Å²) in [5.41, 5.74) is 4.13. The summed E-state index contributed by atoms with van der Waals surface area (Å²) >= 11 is 0. The number of nitrogens with zero attached hydrogens (tertiary/aromatic N) is 1. The number of furan rings is 1. The number of carbonyl (C=O) groups excluding carboxylic acids is 1. The molecule has 2 aliphatic rings. The number of para-hydroxylation sites is 1. The van der Waals surface area contributed by atoms with Crippen molar-refractivity contribution in [2.45, 2.75) is 58.3 Å². The van der Waals surface area contributed by atoms with Gasteiger partial charge in [0.1, 0.15) is 17.1 Å². The van der Waals surface area contributed by atoms with E-state index < -0.39 is 0 Å². The van der Waals surface area contributed by atoms with Crippen LogP contribution in [0.1, 0.15) is 43.6 Å². The van der Waals surface area contributed by atoms with Gasteiger partial charge in [-0.1, -0.05) is 18.2 Å². The Morgan fingerprint density at radius 1 is 1.09 bits per heavy atom. The number of carbonyl (C=O) groups is 1. The van der Waals surface area contributed by atoms with Gasteiger partial charge in [0.25, 0.3) is 5.91 Å². The molecule has 0 bridgehead atoms. The van der Waals surface area contributed by atoms with E-state index in [1.165, 1.54) is 18.4 Å². The van der Waals surface area contributed by atoms with Crippen LogP contribution in [0.4, 0.5) is 5.69 Å². The first-order chi connectivity index (χ1) is 16.0. The number of rotatable bonds is 6. The molecule has 2 aromatic carbocycles. The van der Waals surface area contributed by atoms with Crippen LogP contribution in [0.25, 0.3) is 11.0 Å². The summed E-state index contributed by atoms with van der Waals surface area (Å²) in [6.07, 6.45) is 4.84. The molecule has 1 aliphatic carbocycles. The Kier molecular flexibility index (Phi) is 6.38. The number of nitrogens with one attached hydrogen (secondary N) is 1. The molecule has 5 rings (SSSR count). The molecule has 2 heterocycles. The highest BCUT2D eigenvalue weighted by molar-refractivity contribution is 5.92. The number of benzene rings is 2. The third-order valence-electron chi connectivity index (χ3n) is 6.48. The van der Waals surface area contributed by atoms with E-state index in [1.807, 2.05) is 36.4 Å². The van der Waals surface area contributed by atoms with Gasteiger partial charge >= 0.3 is 0 Å². The number of morpholine rings is 1. The van der Waals surface area contributed by atoms with Crippen molar-refractivity contribution < 1.29 is 18.7 Å². The quantitative estimate of drug-likeness (QED) is 0.579. The maximum atomic E-state index is 12.7. The molecule has 174 valence electrons. The molecule has 1 aromatic heterocycles. The highest BCUT2D eigenvalue weighted by Crippen LogP contribution is 2.34. The predicted molar refractivity (Wildman–Crippen MR) is 129 cm³/mol. The molecule has 0 radical (unpaired) electrons. The largest absolute Gasteiger partial charge is 0.484 e. The van der Waals surface area contributed by atoms with Crippen molar-refractivity contribution in [1.29, 1.82) is 0 Å². The number of anilines is 1. The number of fused-ring (bicyclic) bond motifs is 3. The summed E-state index contributed by atoms with van der Waals surface area (Å²) in [6.45, 7) is 6.71.